The van der Waals surface area contributed by atoms with E-state index in [4.69, 9.17) is 0 Å². The summed E-state index contributed by atoms with van der Waals surface area (Å²) < 4.78 is 58.9. The quantitative estimate of drug-likeness (QED) is 0.174. The van der Waals surface area contributed by atoms with Crippen LogP contribution in [-0.4, -0.2) is 69.3 Å². The first-order valence-corrected chi connectivity index (χ1v) is 21.7. The second-order valence-electron chi connectivity index (χ2n) is 11.9. The SMILES string of the molecule is Cc1cc(-c2cnc(N3CCN(S(=O)(=O)c4cc5cc(C#C[Si](C)(C)C)ccc5n4S(=O)(=O)c4ccccc4)CC3)s2)ccn1. The van der Waals surface area contributed by atoms with Gasteiger partial charge in [-0.05, 0) is 61.0 Å². The van der Waals surface area contributed by atoms with Gasteiger partial charge in [-0.25, -0.2) is 25.8 Å². The second-order valence-corrected chi connectivity index (χ2v) is 21.4. The zero-order valence-electron chi connectivity index (χ0n) is 25.4. The highest BCUT2D eigenvalue weighted by atomic mass is 32.2. The van der Waals surface area contributed by atoms with E-state index in [-0.39, 0.29) is 28.5 Å². The van der Waals surface area contributed by atoms with Crippen molar-refractivity contribution in [2.24, 2.45) is 0 Å². The smallest absolute Gasteiger partial charge is 0.269 e. The number of aryl methyl sites for hydroxylation is 1. The molecule has 5 aromatic rings. The Labute approximate surface area is 269 Å². The van der Waals surface area contributed by atoms with Gasteiger partial charge < -0.3 is 4.90 Å². The van der Waals surface area contributed by atoms with Gasteiger partial charge in [0.15, 0.2) is 10.2 Å². The summed E-state index contributed by atoms with van der Waals surface area (Å²) in [7, 11) is -10.1. The van der Waals surface area contributed by atoms with Gasteiger partial charge in [-0.15, -0.1) is 5.54 Å². The zero-order chi connectivity index (χ0) is 32.0. The average molecular weight is 676 g/mol. The monoisotopic (exact) mass is 675 g/mol. The lowest BCUT2D eigenvalue weighted by Crippen LogP contribution is -2.49. The Hall–Kier alpha value is -3.80. The molecule has 0 radical (unpaired) electrons. The van der Waals surface area contributed by atoms with Crippen LogP contribution in [0.1, 0.15) is 11.3 Å². The molecule has 1 aliphatic heterocycles. The van der Waals surface area contributed by atoms with E-state index in [0.29, 0.717) is 24.0 Å². The minimum atomic E-state index is -4.25. The zero-order valence-corrected chi connectivity index (χ0v) is 28.9. The van der Waals surface area contributed by atoms with Gasteiger partial charge in [0.05, 0.1) is 15.3 Å². The highest BCUT2D eigenvalue weighted by Crippen LogP contribution is 2.34. The van der Waals surface area contributed by atoms with E-state index in [9.17, 15) is 16.8 Å². The highest BCUT2D eigenvalue weighted by molar-refractivity contribution is 7.92. The molecule has 13 heteroatoms. The maximum absolute atomic E-state index is 14.2. The fourth-order valence-corrected chi connectivity index (χ4v) is 10.1. The summed E-state index contributed by atoms with van der Waals surface area (Å²) in [5, 5.41) is 1.02. The fourth-order valence-electron chi connectivity index (χ4n) is 5.12. The molecule has 0 amide bonds. The van der Waals surface area contributed by atoms with Gasteiger partial charge in [0, 0.05) is 55.2 Å². The molecule has 0 atom stereocenters. The summed E-state index contributed by atoms with van der Waals surface area (Å²) in [6.45, 7) is 9.57. The lowest BCUT2D eigenvalue weighted by molar-refractivity contribution is 0.383. The molecule has 0 bridgehead atoms. The van der Waals surface area contributed by atoms with Gasteiger partial charge in [0.1, 0.15) is 8.07 Å². The molecular weight excluding hydrogens is 643 g/mol. The third-order valence-corrected chi connectivity index (χ3v) is 13.1. The summed E-state index contributed by atoms with van der Waals surface area (Å²) in [4.78, 5) is 11.9. The third-order valence-electron chi connectivity index (χ3n) is 7.38. The molecule has 0 N–H and O–H groups in total. The normalized spacial score (nSPS) is 14.8. The number of benzene rings is 2. The number of hydrogen-bond acceptors (Lipinski definition) is 8. The summed E-state index contributed by atoms with van der Waals surface area (Å²) in [5.41, 5.74) is 6.27. The predicted octanol–water partition coefficient (Wildman–Crippen LogP) is 5.45. The van der Waals surface area contributed by atoms with Crippen LogP contribution in [0.2, 0.25) is 19.6 Å². The van der Waals surface area contributed by atoms with E-state index in [1.54, 1.807) is 53.9 Å². The van der Waals surface area contributed by atoms with Crippen LogP contribution < -0.4 is 4.90 Å². The van der Waals surface area contributed by atoms with Crippen LogP contribution in [0.15, 0.2) is 89.0 Å². The molecule has 4 heterocycles. The van der Waals surface area contributed by atoms with Gasteiger partial charge in [-0.3, -0.25) is 4.98 Å². The number of anilines is 1. The Morgan fingerprint density at radius 1 is 0.844 bits per heavy atom. The largest absolute Gasteiger partial charge is 0.345 e. The lowest BCUT2D eigenvalue weighted by Gasteiger charge is -2.33. The van der Waals surface area contributed by atoms with E-state index in [0.717, 1.165) is 25.2 Å². The molecule has 6 rings (SSSR count). The van der Waals surface area contributed by atoms with Gasteiger partial charge in [-0.2, -0.15) is 4.31 Å². The van der Waals surface area contributed by atoms with Gasteiger partial charge in [-0.1, -0.05) is 55.1 Å². The van der Waals surface area contributed by atoms with Crippen molar-refractivity contribution in [1.29, 1.82) is 0 Å². The van der Waals surface area contributed by atoms with Crippen molar-refractivity contribution in [3.8, 4) is 21.9 Å². The minimum Gasteiger partial charge on any atom is -0.345 e. The second kappa shape index (κ2) is 11.8. The number of fused-ring (bicyclic) bond motifs is 1. The topological polar surface area (TPSA) is 105 Å². The van der Waals surface area contributed by atoms with Crippen LogP contribution in [-0.2, 0) is 20.0 Å². The number of hydrogen-bond donors (Lipinski definition) is 0. The van der Waals surface area contributed by atoms with E-state index >= 15 is 0 Å². The number of sulfonamides is 1. The molecule has 9 nitrogen and oxygen atoms in total. The van der Waals surface area contributed by atoms with Gasteiger partial charge >= 0.3 is 0 Å². The molecule has 0 unspecified atom stereocenters. The number of aromatic nitrogens is 3. The highest BCUT2D eigenvalue weighted by Gasteiger charge is 2.36. The average Bonchev–Trinajstić information content (AvgIpc) is 3.67. The van der Waals surface area contributed by atoms with E-state index < -0.39 is 28.1 Å². The summed E-state index contributed by atoms with van der Waals surface area (Å²) in [6.07, 6.45) is 3.60. The Morgan fingerprint density at radius 2 is 1.58 bits per heavy atom. The molecule has 45 heavy (non-hydrogen) atoms. The molecular formula is C32H33N5O4S3Si. The van der Waals surface area contributed by atoms with Crippen LogP contribution in [0.25, 0.3) is 21.3 Å². The molecule has 0 aliphatic carbocycles. The van der Waals surface area contributed by atoms with Crippen LogP contribution in [0.3, 0.4) is 0 Å². The van der Waals surface area contributed by atoms with E-state index in [2.05, 4.69) is 46.0 Å². The molecule has 1 saturated heterocycles. The Morgan fingerprint density at radius 3 is 2.27 bits per heavy atom. The number of thiazole rings is 1. The van der Waals surface area contributed by atoms with Crippen LogP contribution >= 0.6 is 11.3 Å². The standard InChI is InChI=1S/C32H33N5O4S3Si/c1-24-20-26(12-14-33-24)30-23-34-32(42-30)35-15-17-36(18-16-35)44(40,41)31-22-27-21-25(13-19-45(2,3)4)10-11-29(27)37(31)43(38,39)28-8-6-5-7-9-28/h5-12,14,20-23H,15-18H2,1-4H3. The molecule has 3 aromatic heterocycles. The number of rotatable bonds is 6. The predicted molar refractivity (Wildman–Crippen MR) is 182 cm³/mol. The van der Waals surface area contributed by atoms with Crippen molar-refractivity contribution in [2.75, 3.05) is 31.1 Å². The van der Waals surface area contributed by atoms with Crippen molar-refractivity contribution in [3.05, 3.63) is 90.4 Å². The number of piperazine rings is 1. The number of pyridine rings is 1. The van der Waals surface area contributed by atoms with Crippen LogP contribution in [0.4, 0.5) is 5.13 Å². The van der Waals surface area contributed by atoms with Crippen molar-refractivity contribution in [3.63, 3.8) is 0 Å². The van der Waals surface area contributed by atoms with E-state index in [1.165, 1.54) is 22.5 Å². The maximum atomic E-state index is 14.2. The molecule has 2 aromatic carbocycles. The first kappa shape index (κ1) is 31.2. The third kappa shape index (κ3) is 6.34. The Balaban J connectivity index is 1.34. The van der Waals surface area contributed by atoms with Gasteiger partial charge in [0.25, 0.3) is 20.0 Å². The molecule has 1 fully saturated rings. The van der Waals surface area contributed by atoms with Crippen LogP contribution in [0, 0.1) is 18.4 Å². The van der Waals surface area contributed by atoms with Crippen molar-refractivity contribution in [2.45, 2.75) is 36.5 Å². The summed E-state index contributed by atoms with van der Waals surface area (Å²) in [6, 6.07) is 18.5. The Bertz CT molecular complexity index is 2170. The first-order chi connectivity index (χ1) is 21.3. The maximum Gasteiger partial charge on any atom is 0.269 e. The first-order valence-electron chi connectivity index (χ1n) is 14.5. The van der Waals surface area contributed by atoms with E-state index in [1.807, 2.05) is 25.3 Å². The molecule has 0 saturated carbocycles. The van der Waals surface area contributed by atoms with Crippen molar-refractivity contribution < 1.29 is 16.8 Å². The summed E-state index contributed by atoms with van der Waals surface area (Å²) in [5.74, 6) is 3.19. The van der Waals surface area contributed by atoms with Gasteiger partial charge in [0.2, 0.25) is 0 Å². The lowest BCUT2D eigenvalue weighted by atomic mass is 10.2. The fraction of sp³-hybridized carbons (Fsp3) is 0.250. The van der Waals surface area contributed by atoms with Crippen molar-refractivity contribution >= 4 is 55.5 Å². The Kier molecular flexibility index (Phi) is 8.21. The van der Waals surface area contributed by atoms with Crippen molar-refractivity contribution in [1.82, 2.24) is 18.2 Å². The summed E-state index contributed by atoms with van der Waals surface area (Å²) >= 11 is 1.55. The molecule has 1 aliphatic rings. The minimum absolute atomic E-state index is 0.00957. The molecule has 232 valence electrons. The number of nitrogens with zero attached hydrogens (tertiary/aromatic N) is 5. The molecule has 0 spiro atoms. The van der Waals surface area contributed by atoms with Crippen LogP contribution in [0.5, 0.6) is 0 Å².